The third-order valence-corrected chi connectivity index (χ3v) is 5.94. The summed E-state index contributed by atoms with van der Waals surface area (Å²) in [5.41, 5.74) is -1.11. The average molecular weight is 575 g/mol. The molecule has 0 heterocycles. The maximum Gasteiger partial charge on any atom is 0.317 e. The van der Waals surface area contributed by atoms with Crippen LogP contribution in [0.25, 0.3) is 0 Å². The maximum absolute atomic E-state index is 12.5. The molecule has 0 saturated heterocycles. The quantitative estimate of drug-likeness (QED) is 0.0916. The second-order valence-corrected chi connectivity index (χ2v) is 10.1. The van der Waals surface area contributed by atoms with Crippen LogP contribution >= 0.6 is 0 Å². The lowest BCUT2D eigenvalue weighted by Gasteiger charge is -2.25. The first-order chi connectivity index (χ1) is 19.1. The fraction of sp³-hybridized carbons (Fsp3) is 0.828. The molecule has 1 atom stereocenters. The average Bonchev–Trinajstić information content (AvgIpc) is 2.91. The van der Waals surface area contributed by atoms with Gasteiger partial charge < -0.3 is 28.4 Å². The highest BCUT2D eigenvalue weighted by molar-refractivity contribution is 5.77. The van der Waals surface area contributed by atoms with Crippen LogP contribution in [0, 0.1) is 5.41 Å². The Morgan fingerprint density at radius 3 is 1.68 bits per heavy atom. The number of carbonyl (C=O) groups is 5. The van der Waals surface area contributed by atoms with Gasteiger partial charge in [-0.3, -0.25) is 24.0 Å². The van der Waals surface area contributed by atoms with Crippen LogP contribution in [0.5, 0.6) is 0 Å². The molecule has 0 aliphatic heterocycles. The standard InChI is InChI=1S/C29H50O11/c1-6-8-11-15-25(31)37-19-24(20-38-26(32)16-12-9-7-2)40-27(33)17-13-10-14-18-36-28(34)29(4,21-35-5)22-39-23(3)30/h24H,6-22H2,1-5H3. The van der Waals surface area contributed by atoms with Gasteiger partial charge in [0.05, 0.1) is 13.2 Å². The second-order valence-electron chi connectivity index (χ2n) is 10.1. The number of methoxy groups -OCH3 is 1. The van der Waals surface area contributed by atoms with Crippen LogP contribution in [-0.2, 0) is 52.4 Å². The summed E-state index contributed by atoms with van der Waals surface area (Å²) in [5, 5.41) is 0. The van der Waals surface area contributed by atoms with Crippen LogP contribution in [0.15, 0.2) is 0 Å². The molecule has 0 radical (unpaired) electrons. The highest BCUT2D eigenvalue weighted by Gasteiger charge is 2.36. The summed E-state index contributed by atoms with van der Waals surface area (Å²) in [6.45, 7) is 6.60. The van der Waals surface area contributed by atoms with E-state index in [1.54, 1.807) is 6.92 Å². The molecule has 1 unspecified atom stereocenters. The van der Waals surface area contributed by atoms with Gasteiger partial charge in [0.15, 0.2) is 6.10 Å². The van der Waals surface area contributed by atoms with E-state index in [4.69, 9.17) is 28.4 Å². The fourth-order valence-corrected chi connectivity index (χ4v) is 3.54. The summed E-state index contributed by atoms with van der Waals surface area (Å²) in [6, 6.07) is 0. The molecule has 0 bridgehead atoms. The number of esters is 5. The van der Waals surface area contributed by atoms with Gasteiger partial charge in [-0.2, -0.15) is 0 Å². The van der Waals surface area contributed by atoms with Crippen LogP contribution in [0.4, 0.5) is 0 Å². The van der Waals surface area contributed by atoms with Gasteiger partial charge in [-0.25, -0.2) is 0 Å². The minimum absolute atomic E-state index is 0.0359. The molecule has 0 N–H and O–H groups in total. The second kappa shape index (κ2) is 23.1. The molecule has 0 aliphatic rings. The maximum atomic E-state index is 12.5. The number of rotatable bonds is 24. The van der Waals surface area contributed by atoms with E-state index in [1.165, 1.54) is 14.0 Å². The van der Waals surface area contributed by atoms with E-state index in [-0.39, 0.29) is 64.2 Å². The minimum Gasteiger partial charge on any atom is -0.465 e. The molecule has 40 heavy (non-hydrogen) atoms. The summed E-state index contributed by atoms with van der Waals surface area (Å²) in [7, 11) is 1.44. The Bertz CT molecular complexity index is 726. The predicted octanol–water partition coefficient (Wildman–Crippen LogP) is 4.46. The van der Waals surface area contributed by atoms with Gasteiger partial charge in [-0.05, 0) is 39.0 Å². The molecule has 0 aromatic rings. The third kappa shape index (κ3) is 19.4. The molecule has 11 nitrogen and oxygen atoms in total. The van der Waals surface area contributed by atoms with Crippen molar-refractivity contribution in [2.75, 3.05) is 40.1 Å². The van der Waals surface area contributed by atoms with Crippen LogP contribution in [-0.4, -0.2) is 76.1 Å². The van der Waals surface area contributed by atoms with Gasteiger partial charge in [-0.1, -0.05) is 39.5 Å². The van der Waals surface area contributed by atoms with E-state index in [0.717, 1.165) is 38.5 Å². The number of ether oxygens (including phenoxy) is 6. The zero-order valence-electron chi connectivity index (χ0n) is 25.1. The van der Waals surface area contributed by atoms with E-state index < -0.39 is 29.4 Å². The smallest absolute Gasteiger partial charge is 0.317 e. The lowest BCUT2D eigenvalue weighted by Crippen LogP contribution is -2.39. The Hall–Kier alpha value is -2.69. The van der Waals surface area contributed by atoms with E-state index >= 15 is 0 Å². The van der Waals surface area contributed by atoms with Crippen LogP contribution < -0.4 is 0 Å². The van der Waals surface area contributed by atoms with Crippen LogP contribution in [0.2, 0.25) is 0 Å². The fourth-order valence-electron chi connectivity index (χ4n) is 3.54. The largest absolute Gasteiger partial charge is 0.465 e. The molecule has 0 spiro atoms. The summed E-state index contributed by atoms with van der Waals surface area (Å²) in [5.74, 6) is -2.30. The molecule has 0 amide bonds. The highest BCUT2D eigenvalue weighted by atomic mass is 16.6. The van der Waals surface area contributed by atoms with Gasteiger partial charge in [0, 0.05) is 33.3 Å². The van der Waals surface area contributed by atoms with Crippen molar-refractivity contribution in [1.29, 1.82) is 0 Å². The van der Waals surface area contributed by atoms with Gasteiger partial charge >= 0.3 is 29.8 Å². The van der Waals surface area contributed by atoms with E-state index in [2.05, 4.69) is 0 Å². The van der Waals surface area contributed by atoms with E-state index in [1.807, 2.05) is 13.8 Å². The topological polar surface area (TPSA) is 141 Å². The molecular weight excluding hydrogens is 524 g/mol. The summed E-state index contributed by atoms with van der Waals surface area (Å²) in [6.07, 6.45) is 6.63. The number of hydrogen-bond acceptors (Lipinski definition) is 11. The summed E-state index contributed by atoms with van der Waals surface area (Å²) < 4.78 is 31.3. The van der Waals surface area contributed by atoms with Crippen molar-refractivity contribution < 1.29 is 52.4 Å². The molecule has 0 fully saturated rings. The Kier molecular flexibility index (Phi) is 21.5. The first-order valence-electron chi connectivity index (χ1n) is 14.4. The van der Waals surface area contributed by atoms with Gasteiger partial charge in [0.25, 0.3) is 0 Å². The lowest BCUT2D eigenvalue weighted by atomic mass is 9.93. The molecule has 0 saturated carbocycles. The molecular formula is C29H50O11. The van der Waals surface area contributed by atoms with Gasteiger partial charge in [0.1, 0.15) is 25.2 Å². The third-order valence-electron chi connectivity index (χ3n) is 5.94. The van der Waals surface area contributed by atoms with Crippen molar-refractivity contribution in [2.24, 2.45) is 5.41 Å². The van der Waals surface area contributed by atoms with Gasteiger partial charge in [-0.15, -0.1) is 0 Å². The van der Waals surface area contributed by atoms with E-state index in [0.29, 0.717) is 19.3 Å². The zero-order chi connectivity index (χ0) is 30.2. The molecule has 11 heteroatoms. The highest BCUT2D eigenvalue weighted by Crippen LogP contribution is 2.20. The van der Waals surface area contributed by atoms with Crippen molar-refractivity contribution in [3.8, 4) is 0 Å². The normalized spacial score (nSPS) is 12.3. The summed E-state index contributed by atoms with van der Waals surface area (Å²) >= 11 is 0. The molecule has 0 aliphatic carbocycles. The first-order valence-corrected chi connectivity index (χ1v) is 14.4. The Morgan fingerprint density at radius 2 is 1.18 bits per heavy atom. The Balaban J connectivity index is 4.54. The van der Waals surface area contributed by atoms with Gasteiger partial charge in [0.2, 0.25) is 0 Å². The van der Waals surface area contributed by atoms with Crippen molar-refractivity contribution in [1.82, 2.24) is 0 Å². The Labute approximate surface area is 238 Å². The number of unbranched alkanes of at least 4 members (excludes halogenated alkanes) is 6. The molecule has 0 aromatic carbocycles. The van der Waals surface area contributed by atoms with Crippen molar-refractivity contribution in [3.05, 3.63) is 0 Å². The van der Waals surface area contributed by atoms with Crippen molar-refractivity contribution in [2.45, 2.75) is 111 Å². The lowest BCUT2D eigenvalue weighted by molar-refractivity contribution is -0.167. The number of carbonyl (C=O) groups excluding carboxylic acids is 5. The van der Waals surface area contributed by atoms with Crippen molar-refractivity contribution >= 4 is 29.8 Å². The monoisotopic (exact) mass is 574 g/mol. The zero-order valence-corrected chi connectivity index (χ0v) is 25.1. The molecule has 0 rings (SSSR count). The molecule has 0 aromatic heterocycles. The molecule has 232 valence electrons. The Morgan fingerprint density at radius 1 is 0.650 bits per heavy atom. The van der Waals surface area contributed by atoms with E-state index in [9.17, 15) is 24.0 Å². The predicted molar refractivity (Wildman–Crippen MR) is 146 cm³/mol. The summed E-state index contributed by atoms with van der Waals surface area (Å²) in [4.78, 5) is 59.9. The van der Waals surface area contributed by atoms with Crippen LogP contribution in [0.1, 0.15) is 105 Å². The first kappa shape index (κ1) is 37.3. The minimum atomic E-state index is -1.11. The van der Waals surface area contributed by atoms with Crippen molar-refractivity contribution in [3.63, 3.8) is 0 Å². The van der Waals surface area contributed by atoms with Crippen LogP contribution in [0.3, 0.4) is 0 Å². The number of hydrogen-bond donors (Lipinski definition) is 0. The SMILES string of the molecule is CCCCCC(=O)OCC(COC(=O)CCCCC)OC(=O)CCCCCOC(=O)C(C)(COC)COC(C)=O.